The molecule has 0 amide bonds. The van der Waals surface area contributed by atoms with E-state index in [1.54, 1.807) is 0 Å². The highest BCUT2D eigenvalue weighted by Gasteiger charge is 2.33. The smallest absolute Gasteiger partial charge is 0.416 e. The Morgan fingerprint density at radius 2 is 1.92 bits per heavy atom. The number of alkyl halides is 3. The number of carboxylic acid groups (broad SMARTS) is 1. The monoisotopic (exact) mass is 549 g/mol. The summed E-state index contributed by atoms with van der Waals surface area (Å²) in [4.78, 5) is 16.2. The Morgan fingerprint density at radius 3 is 2.55 bits per heavy atom. The number of unbranched alkanes of at least 4 members (excludes halogenated alkanes) is 6. The summed E-state index contributed by atoms with van der Waals surface area (Å²) >= 11 is 1.84. The van der Waals surface area contributed by atoms with Crippen LogP contribution in [0, 0.1) is 0 Å². The molecule has 6 nitrogen and oxygen atoms in total. The summed E-state index contributed by atoms with van der Waals surface area (Å²) in [5, 5.41) is 17.1. The Labute approximate surface area is 225 Å². The molecular formula is C28H34F3N3O3S. The number of halogens is 3. The number of nitrogens with one attached hydrogen (secondary N) is 2. The fourth-order valence-electron chi connectivity index (χ4n) is 4.02. The fraction of sp³-hybridized carbons (Fsp3) is 0.429. The molecule has 0 fully saturated rings. The molecule has 1 aromatic carbocycles. The number of furan rings is 1. The van der Waals surface area contributed by atoms with Gasteiger partial charge in [0.15, 0.2) is 0 Å². The van der Waals surface area contributed by atoms with E-state index in [0.717, 1.165) is 18.7 Å². The van der Waals surface area contributed by atoms with Gasteiger partial charge in [0, 0.05) is 34.5 Å². The minimum Gasteiger partial charge on any atom is -0.478 e. The van der Waals surface area contributed by atoms with Crippen molar-refractivity contribution < 1.29 is 27.5 Å². The van der Waals surface area contributed by atoms with E-state index in [4.69, 9.17) is 9.52 Å². The van der Waals surface area contributed by atoms with Crippen LogP contribution in [0.2, 0.25) is 0 Å². The lowest BCUT2D eigenvalue weighted by Gasteiger charge is -2.22. The van der Waals surface area contributed by atoms with Crippen LogP contribution >= 0.6 is 11.3 Å². The number of fused-ring (bicyclic) bond motifs is 1. The van der Waals surface area contributed by atoms with Crippen molar-refractivity contribution in [3.8, 4) is 11.1 Å². The van der Waals surface area contributed by atoms with Crippen molar-refractivity contribution in [2.24, 2.45) is 4.99 Å². The first-order valence-corrected chi connectivity index (χ1v) is 13.7. The van der Waals surface area contributed by atoms with E-state index in [1.165, 1.54) is 81.2 Å². The molecule has 3 N–H and O–H groups in total. The van der Waals surface area contributed by atoms with Gasteiger partial charge in [0.1, 0.15) is 0 Å². The lowest BCUT2D eigenvalue weighted by atomic mass is 9.96. The van der Waals surface area contributed by atoms with E-state index in [1.807, 2.05) is 11.3 Å². The molecule has 0 bridgehead atoms. The summed E-state index contributed by atoms with van der Waals surface area (Å²) in [5.41, 5.74) is 0.276. The number of carbonyl (C=O) groups is 1. The molecule has 1 unspecified atom stereocenters. The van der Waals surface area contributed by atoms with Gasteiger partial charge in [-0.1, -0.05) is 51.5 Å². The Kier molecular flexibility index (Phi) is 11.4. The molecule has 4 rings (SSSR count). The number of rotatable bonds is 12. The molecule has 1 aliphatic rings. The Morgan fingerprint density at radius 1 is 1.16 bits per heavy atom. The van der Waals surface area contributed by atoms with Crippen LogP contribution in [0.25, 0.3) is 11.1 Å². The standard InChI is InChI=1S/C14H9F3N2O3.C14H25NS/c15-14(16,17)8-3-9(7-1-2-22-6-7)10-5-18-12(13(20)21)19-11(10)4-8;1-2-3-4-5-6-7-8-11-15-13-14-10-9-12-16-14/h1-6,12,19H,(H,20,21);9-10,12,15H,2-8,11,13H2,1H3. The van der Waals surface area contributed by atoms with E-state index in [-0.39, 0.29) is 11.3 Å². The van der Waals surface area contributed by atoms with Crippen LogP contribution in [0.5, 0.6) is 0 Å². The van der Waals surface area contributed by atoms with Crippen LogP contribution in [0.1, 0.15) is 67.9 Å². The van der Waals surface area contributed by atoms with Crippen molar-refractivity contribution in [2.45, 2.75) is 70.8 Å². The zero-order chi connectivity index (χ0) is 27.4. The summed E-state index contributed by atoms with van der Waals surface area (Å²) in [6.07, 6.45) is 7.81. The van der Waals surface area contributed by atoms with Gasteiger partial charge in [0.2, 0.25) is 6.17 Å². The Bertz CT molecular complexity index is 1150. The summed E-state index contributed by atoms with van der Waals surface area (Å²) < 4.78 is 44.0. The van der Waals surface area contributed by atoms with Crippen LogP contribution in [-0.4, -0.2) is 30.0 Å². The first-order chi connectivity index (χ1) is 18.3. The van der Waals surface area contributed by atoms with Gasteiger partial charge >= 0.3 is 12.1 Å². The molecule has 10 heteroatoms. The van der Waals surface area contributed by atoms with Gasteiger partial charge in [0.05, 0.1) is 18.1 Å². The number of carboxylic acids is 1. The van der Waals surface area contributed by atoms with Crippen molar-refractivity contribution >= 4 is 29.2 Å². The highest BCUT2D eigenvalue weighted by atomic mass is 32.1. The molecule has 0 radical (unpaired) electrons. The number of aliphatic imine (C=N–C) groups is 1. The molecule has 1 atom stereocenters. The largest absolute Gasteiger partial charge is 0.478 e. The van der Waals surface area contributed by atoms with E-state index >= 15 is 0 Å². The van der Waals surface area contributed by atoms with E-state index in [0.29, 0.717) is 11.1 Å². The quantitative estimate of drug-likeness (QED) is 0.201. The van der Waals surface area contributed by atoms with Gasteiger partial charge < -0.3 is 20.2 Å². The third-order valence-electron chi connectivity index (χ3n) is 6.05. The lowest BCUT2D eigenvalue weighted by molar-refractivity contribution is -0.138. The molecule has 0 aliphatic carbocycles. The predicted octanol–water partition coefficient (Wildman–Crippen LogP) is 7.81. The minimum absolute atomic E-state index is 0.0634. The van der Waals surface area contributed by atoms with E-state index in [9.17, 15) is 18.0 Å². The molecular weight excluding hydrogens is 515 g/mol. The third-order valence-corrected chi connectivity index (χ3v) is 6.93. The fourth-order valence-corrected chi connectivity index (χ4v) is 4.70. The number of thiophene rings is 1. The van der Waals surface area contributed by atoms with E-state index in [2.05, 4.69) is 40.1 Å². The molecule has 1 aliphatic heterocycles. The van der Waals surface area contributed by atoms with Crippen LogP contribution in [-0.2, 0) is 17.5 Å². The first kappa shape index (κ1) is 29.4. The van der Waals surface area contributed by atoms with Gasteiger partial charge in [-0.25, -0.2) is 4.79 Å². The Balaban J connectivity index is 0.000000223. The number of benzene rings is 1. The van der Waals surface area contributed by atoms with E-state index < -0.39 is 23.9 Å². The first-order valence-electron chi connectivity index (χ1n) is 12.8. The van der Waals surface area contributed by atoms with Crippen LogP contribution < -0.4 is 10.6 Å². The van der Waals surface area contributed by atoms with Gasteiger partial charge in [-0.3, -0.25) is 4.99 Å². The maximum atomic E-state index is 13.0. The second kappa shape index (κ2) is 14.7. The molecule has 0 spiro atoms. The number of hydrogen-bond acceptors (Lipinski definition) is 6. The second-order valence-electron chi connectivity index (χ2n) is 9.04. The molecule has 2 aromatic heterocycles. The number of aliphatic carboxylic acids is 1. The number of anilines is 1. The average Bonchev–Trinajstić information content (AvgIpc) is 3.61. The average molecular weight is 550 g/mol. The second-order valence-corrected chi connectivity index (χ2v) is 10.1. The zero-order valence-electron chi connectivity index (χ0n) is 21.4. The molecule has 206 valence electrons. The lowest BCUT2D eigenvalue weighted by Crippen LogP contribution is -2.30. The summed E-state index contributed by atoms with van der Waals surface area (Å²) in [5.74, 6) is -1.27. The van der Waals surface area contributed by atoms with Crippen molar-refractivity contribution in [3.05, 3.63) is 64.2 Å². The summed E-state index contributed by atoms with van der Waals surface area (Å²) in [6, 6.07) is 7.70. The minimum atomic E-state index is -4.55. The third kappa shape index (κ3) is 9.02. The van der Waals surface area contributed by atoms with Crippen molar-refractivity contribution in [1.29, 1.82) is 0 Å². The number of nitrogens with zero attached hydrogens (tertiary/aromatic N) is 1. The van der Waals surface area contributed by atoms with Crippen LogP contribution in [0.4, 0.5) is 18.9 Å². The van der Waals surface area contributed by atoms with Crippen LogP contribution in [0.15, 0.2) is 57.6 Å². The Hall–Kier alpha value is -3.11. The topological polar surface area (TPSA) is 86.9 Å². The highest BCUT2D eigenvalue weighted by Crippen LogP contribution is 2.38. The predicted molar refractivity (Wildman–Crippen MR) is 146 cm³/mol. The maximum Gasteiger partial charge on any atom is 0.416 e. The van der Waals surface area contributed by atoms with Gasteiger partial charge in [-0.15, -0.1) is 11.3 Å². The number of hydrogen-bond donors (Lipinski definition) is 3. The summed E-state index contributed by atoms with van der Waals surface area (Å²) in [7, 11) is 0. The molecule has 3 heterocycles. The summed E-state index contributed by atoms with van der Waals surface area (Å²) in [6.45, 7) is 4.49. The molecule has 3 aromatic rings. The molecule has 0 saturated heterocycles. The van der Waals surface area contributed by atoms with Crippen LogP contribution in [0.3, 0.4) is 0 Å². The van der Waals surface area contributed by atoms with Gasteiger partial charge in [-0.05, 0) is 48.2 Å². The van der Waals surface area contributed by atoms with Crippen molar-refractivity contribution in [3.63, 3.8) is 0 Å². The normalized spacial score (nSPS) is 14.4. The van der Waals surface area contributed by atoms with Gasteiger partial charge in [0.25, 0.3) is 0 Å². The molecule has 38 heavy (non-hydrogen) atoms. The SMILES string of the molecule is CCCCCCCCCNCc1cccs1.O=C(O)C1N=Cc2c(cc(C(F)(F)F)cc2-c2ccoc2)N1. The van der Waals surface area contributed by atoms with Crippen molar-refractivity contribution in [2.75, 3.05) is 11.9 Å². The maximum absolute atomic E-state index is 13.0. The zero-order valence-corrected chi connectivity index (χ0v) is 22.2. The highest BCUT2D eigenvalue weighted by molar-refractivity contribution is 7.09. The van der Waals surface area contributed by atoms with Gasteiger partial charge in [-0.2, -0.15) is 13.2 Å². The van der Waals surface area contributed by atoms with Crippen molar-refractivity contribution in [1.82, 2.24) is 5.32 Å². The molecule has 0 saturated carbocycles.